The van der Waals surface area contributed by atoms with Crippen LogP contribution in [0.25, 0.3) is 0 Å². The maximum Gasteiger partial charge on any atom is 0.520 e. The molecule has 0 bridgehead atoms. The summed E-state index contributed by atoms with van der Waals surface area (Å²) in [6, 6.07) is 0. The summed E-state index contributed by atoms with van der Waals surface area (Å²) in [5, 5.41) is 0. The summed E-state index contributed by atoms with van der Waals surface area (Å²) >= 11 is 2.47. The number of hydrogen-bond acceptors (Lipinski definition) is 3. The van der Waals surface area contributed by atoms with Gasteiger partial charge in [0.1, 0.15) is 0 Å². The van der Waals surface area contributed by atoms with Gasteiger partial charge in [0.05, 0.1) is 6.10 Å². The number of carbonyl (C=O) groups is 1. The van der Waals surface area contributed by atoms with Crippen molar-refractivity contribution in [1.29, 1.82) is 0 Å². The average molecular weight is 183 g/mol. The Kier molecular flexibility index (Phi) is 3.60. The highest BCUT2D eigenvalue weighted by molar-refractivity contribution is 9.06. The number of rotatable bonds is 1. The van der Waals surface area contributed by atoms with E-state index < -0.39 is 6.16 Å². The Labute approximate surface area is 56.4 Å². The van der Waals surface area contributed by atoms with E-state index in [0.717, 1.165) is 0 Å². The second kappa shape index (κ2) is 3.72. The SMILES string of the molecule is CC(C)OC(=O)OBr. The second-order valence-corrected chi connectivity index (χ2v) is 1.82. The first-order valence-corrected chi connectivity index (χ1v) is 2.80. The fourth-order valence-electron chi connectivity index (χ4n) is 0.211. The van der Waals surface area contributed by atoms with Crippen molar-refractivity contribution in [3.05, 3.63) is 0 Å². The maximum atomic E-state index is 10.1. The van der Waals surface area contributed by atoms with Crippen molar-refractivity contribution in [2.24, 2.45) is 0 Å². The predicted octanol–water partition coefficient (Wildman–Crippen LogP) is 1.86. The Morgan fingerprint density at radius 2 is 2.12 bits per heavy atom. The van der Waals surface area contributed by atoms with Gasteiger partial charge in [-0.05, 0) is 13.8 Å². The van der Waals surface area contributed by atoms with Crippen LogP contribution in [0.1, 0.15) is 13.8 Å². The summed E-state index contributed by atoms with van der Waals surface area (Å²) in [7, 11) is 0. The van der Waals surface area contributed by atoms with E-state index in [1.165, 1.54) is 0 Å². The number of ether oxygens (including phenoxy) is 1. The molecule has 0 saturated carbocycles. The van der Waals surface area contributed by atoms with Crippen molar-refractivity contribution in [2.45, 2.75) is 20.0 Å². The Bertz CT molecular complexity index is 81.4. The molecular weight excluding hydrogens is 176 g/mol. The third-order valence-corrected chi connectivity index (χ3v) is 0.659. The Hall–Kier alpha value is -0.250. The molecule has 0 aliphatic rings. The van der Waals surface area contributed by atoms with Gasteiger partial charge in [-0.2, -0.15) is 0 Å². The molecule has 0 aromatic rings. The zero-order chi connectivity index (χ0) is 6.57. The van der Waals surface area contributed by atoms with Gasteiger partial charge in [0.2, 0.25) is 0 Å². The van der Waals surface area contributed by atoms with Crippen LogP contribution in [-0.4, -0.2) is 12.3 Å². The van der Waals surface area contributed by atoms with Gasteiger partial charge in [0, 0.05) is 0 Å². The fourth-order valence-corrected chi connectivity index (χ4v) is 0.287. The molecule has 0 saturated heterocycles. The predicted molar refractivity (Wildman–Crippen MR) is 31.6 cm³/mol. The molecule has 0 aromatic heterocycles. The van der Waals surface area contributed by atoms with Gasteiger partial charge in [-0.3, -0.25) is 0 Å². The van der Waals surface area contributed by atoms with Gasteiger partial charge in [0.15, 0.2) is 16.3 Å². The van der Waals surface area contributed by atoms with Crippen LogP contribution in [0.2, 0.25) is 0 Å². The third kappa shape index (κ3) is 3.92. The minimum absolute atomic E-state index is 0.125. The molecule has 0 aliphatic carbocycles. The molecule has 8 heavy (non-hydrogen) atoms. The fraction of sp³-hybridized carbons (Fsp3) is 0.750. The zero-order valence-electron chi connectivity index (χ0n) is 4.68. The van der Waals surface area contributed by atoms with E-state index in [4.69, 9.17) is 0 Å². The molecule has 0 atom stereocenters. The van der Waals surface area contributed by atoms with Crippen molar-refractivity contribution in [3.8, 4) is 0 Å². The second-order valence-electron chi connectivity index (χ2n) is 1.49. The molecule has 0 spiro atoms. The van der Waals surface area contributed by atoms with Crippen LogP contribution in [-0.2, 0) is 8.57 Å². The van der Waals surface area contributed by atoms with Gasteiger partial charge in [-0.15, -0.1) is 0 Å². The van der Waals surface area contributed by atoms with Crippen molar-refractivity contribution in [1.82, 2.24) is 0 Å². The lowest BCUT2D eigenvalue weighted by Crippen LogP contribution is -2.08. The maximum absolute atomic E-state index is 10.1. The minimum Gasteiger partial charge on any atom is -0.431 e. The van der Waals surface area contributed by atoms with Crippen LogP contribution in [0.5, 0.6) is 0 Å². The van der Waals surface area contributed by atoms with Crippen LogP contribution in [0, 0.1) is 0 Å². The molecule has 0 aliphatic heterocycles. The summed E-state index contributed by atoms with van der Waals surface area (Å²) in [5.74, 6) is 0. The van der Waals surface area contributed by atoms with E-state index in [1.54, 1.807) is 13.8 Å². The Morgan fingerprint density at radius 3 is 2.25 bits per heavy atom. The third-order valence-electron chi connectivity index (χ3n) is 0.395. The van der Waals surface area contributed by atoms with E-state index in [1.807, 2.05) is 0 Å². The first-order chi connectivity index (χ1) is 3.66. The summed E-state index contributed by atoms with van der Waals surface area (Å²) < 4.78 is 8.50. The zero-order valence-corrected chi connectivity index (χ0v) is 6.27. The Balaban J connectivity index is 3.25. The normalized spacial score (nSPS) is 9.00. The van der Waals surface area contributed by atoms with Crippen LogP contribution in [0.4, 0.5) is 4.79 Å². The minimum atomic E-state index is -0.708. The molecule has 4 heteroatoms. The summed E-state index contributed by atoms with van der Waals surface area (Å²) in [5.41, 5.74) is 0. The summed E-state index contributed by atoms with van der Waals surface area (Å²) in [6.07, 6.45) is -0.833. The average Bonchev–Trinajstić information content (AvgIpc) is 1.65. The van der Waals surface area contributed by atoms with E-state index in [2.05, 4.69) is 24.8 Å². The molecule has 0 rings (SSSR count). The first kappa shape index (κ1) is 7.75. The van der Waals surface area contributed by atoms with Gasteiger partial charge < -0.3 is 8.57 Å². The van der Waals surface area contributed by atoms with Crippen LogP contribution >= 0.6 is 16.3 Å². The smallest absolute Gasteiger partial charge is 0.431 e. The highest BCUT2D eigenvalue weighted by Gasteiger charge is 2.02. The van der Waals surface area contributed by atoms with Crippen LogP contribution in [0.15, 0.2) is 0 Å². The highest BCUT2D eigenvalue weighted by Crippen LogP contribution is 1.94. The number of hydrogen-bond donors (Lipinski definition) is 0. The molecule has 3 nitrogen and oxygen atoms in total. The Morgan fingerprint density at radius 1 is 1.62 bits per heavy atom. The van der Waals surface area contributed by atoms with Crippen molar-refractivity contribution < 1.29 is 13.4 Å². The number of carbonyl (C=O) groups excluding carboxylic acids is 1. The lowest BCUT2D eigenvalue weighted by atomic mass is 10.5. The first-order valence-electron chi connectivity index (χ1n) is 2.16. The molecule has 0 amide bonds. The monoisotopic (exact) mass is 182 g/mol. The molecule has 0 heterocycles. The van der Waals surface area contributed by atoms with E-state index in [0.29, 0.717) is 0 Å². The number of halogens is 1. The topological polar surface area (TPSA) is 35.5 Å². The highest BCUT2D eigenvalue weighted by atomic mass is 79.9. The van der Waals surface area contributed by atoms with E-state index >= 15 is 0 Å². The van der Waals surface area contributed by atoms with E-state index in [9.17, 15) is 4.79 Å². The van der Waals surface area contributed by atoms with Gasteiger partial charge in [-0.25, -0.2) is 4.79 Å². The van der Waals surface area contributed by atoms with Gasteiger partial charge >= 0.3 is 6.16 Å². The lowest BCUT2D eigenvalue weighted by Gasteiger charge is -2.02. The van der Waals surface area contributed by atoms with Crippen LogP contribution < -0.4 is 0 Å². The molecular formula is C4H7BrO3. The molecule has 0 N–H and O–H groups in total. The van der Waals surface area contributed by atoms with Crippen molar-refractivity contribution in [2.75, 3.05) is 0 Å². The summed E-state index contributed by atoms with van der Waals surface area (Å²) in [4.78, 5) is 10.1. The van der Waals surface area contributed by atoms with Crippen LogP contribution in [0.3, 0.4) is 0 Å². The van der Waals surface area contributed by atoms with Gasteiger partial charge in [0.25, 0.3) is 0 Å². The van der Waals surface area contributed by atoms with Gasteiger partial charge in [-0.1, -0.05) is 0 Å². The lowest BCUT2D eigenvalue weighted by molar-refractivity contribution is 0.0817. The quantitative estimate of drug-likeness (QED) is 0.582. The standard InChI is InChI=1S/C4H7BrO3/c1-3(2)7-4(6)8-5/h3H,1-2H3. The molecule has 0 fully saturated rings. The molecule has 0 radical (unpaired) electrons. The largest absolute Gasteiger partial charge is 0.520 e. The van der Waals surface area contributed by atoms with E-state index in [-0.39, 0.29) is 6.10 Å². The molecule has 48 valence electrons. The molecule has 0 aromatic carbocycles. The van der Waals surface area contributed by atoms with Crippen molar-refractivity contribution in [3.63, 3.8) is 0 Å². The van der Waals surface area contributed by atoms with Crippen molar-refractivity contribution >= 4 is 22.4 Å². The summed E-state index contributed by atoms with van der Waals surface area (Å²) in [6.45, 7) is 3.48. The molecule has 0 unspecified atom stereocenters.